The molecule has 0 aliphatic rings. The van der Waals surface area contributed by atoms with Crippen molar-refractivity contribution in [2.45, 2.75) is 0 Å². The minimum Gasteiger partial charge on any atom is -0.309 e. The fourth-order valence-electron chi connectivity index (χ4n) is 7.01. The highest BCUT2D eigenvalue weighted by Gasteiger charge is 2.22. The first-order valence-electron chi connectivity index (χ1n) is 15.5. The van der Waals surface area contributed by atoms with Gasteiger partial charge < -0.3 is 14.0 Å². The Morgan fingerprint density at radius 3 is 1.76 bits per heavy atom. The van der Waals surface area contributed by atoms with E-state index in [1.54, 1.807) is 12.1 Å². The van der Waals surface area contributed by atoms with E-state index >= 15 is 0 Å². The van der Waals surface area contributed by atoms with Gasteiger partial charge in [0.1, 0.15) is 5.82 Å². The molecular formula is C42H28FN3. The number of para-hydroxylation sites is 5. The van der Waals surface area contributed by atoms with Crippen molar-refractivity contribution in [3.63, 3.8) is 0 Å². The second-order valence-electron chi connectivity index (χ2n) is 11.6. The Labute approximate surface area is 265 Å². The maximum Gasteiger partial charge on any atom is 0.123 e. The van der Waals surface area contributed by atoms with Crippen molar-refractivity contribution < 1.29 is 4.39 Å². The van der Waals surface area contributed by atoms with E-state index in [-0.39, 0.29) is 5.82 Å². The standard InChI is InChI=1S/C42H28FN3/c43-29-23-26-39-37(27-29)35-25-24-33(28-41(35)45(39)31-15-6-2-7-16-31)44(30-13-4-1-5-14-30)40-22-12-20-36-34-19-10-11-21-38(34)46(42(36)40)32-17-8-3-9-18-32/h1-28H. The number of benzene rings is 7. The van der Waals surface area contributed by atoms with Crippen LogP contribution in [0.2, 0.25) is 0 Å². The summed E-state index contributed by atoms with van der Waals surface area (Å²) >= 11 is 0. The maximum absolute atomic E-state index is 14.6. The number of fused-ring (bicyclic) bond motifs is 6. The third kappa shape index (κ3) is 4.04. The average Bonchev–Trinajstić information content (AvgIpc) is 3.62. The zero-order chi connectivity index (χ0) is 30.6. The molecule has 2 heterocycles. The maximum atomic E-state index is 14.6. The topological polar surface area (TPSA) is 13.1 Å². The Balaban J connectivity index is 1.38. The second-order valence-corrected chi connectivity index (χ2v) is 11.6. The van der Waals surface area contributed by atoms with Crippen LogP contribution in [-0.2, 0) is 0 Å². The summed E-state index contributed by atoms with van der Waals surface area (Å²) in [6.07, 6.45) is 0. The van der Waals surface area contributed by atoms with Crippen molar-refractivity contribution in [2.75, 3.05) is 4.90 Å². The summed E-state index contributed by atoms with van der Waals surface area (Å²) in [7, 11) is 0. The molecule has 218 valence electrons. The number of rotatable bonds is 5. The quantitative estimate of drug-likeness (QED) is 0.193. The largest absolute Gasteiger partial charge is 0.309 e. The zero-order valence-electron chi connectivity index (χ0n) is 24.9. The molecule has 0 atom stereocenters. The monoisotopic (exact) mass is 593 g/mol. The third-order valence-corrected chi connectivity index (χ3v) is 8.93. The number of aromatic nitrogens is 2. The Bertz CT molecular complexity index is 2530. The van der Waals surface area contributed by atoms with E-state index < -0.39 is 0 Å². The fraction of sp³-hybridized carbons (Fsp3) is 0. The van der Waals surface area contributed by atoms with Gasteiger partial charge in [-0.1, -0.05) is 91.0 Å². The molecule has 0 aliphatic heterocycles. The molecule has 0 amide bonds. The molecule has 0 bridgehead atoms. The van der Waals surface area contributed by atoms with Crippen LogP contribution >= 0.6 is 0 Å². The molecule has 0 unspecified atom stereocenters. The predicted molar refractivity (Wildman–Crippen MR) is 190 cm³/mol. The molecule has 9 rings (SSSR count). The lowest BCUT2D eigenvalue weighted by atomic mass is 10.1. The first kappa shape index (κ1) is 26.3. The van der Waals surface area contributed by atoms with E-state index in [0.29, 0.717) is 0 Å². The van der Waals surface area contributed by atoms with Crippen LogP contribution < -0.4 is 4.90 Å². The summed E-state index contributed by atoms with van der Waals surface area (Å²) < 4.78 is 19.2. The fourth-order valence-corrected chi connectivity index (χ4v) is 7.01. The number of halogens is 1. The zero-order valence-corrected chi connectivity index (χ0v) is 24.9. The lowest BCUT2D eigenvalue weighted by Crippen LogP contribution is -2.11. The smallest absolute Gasteiger partial charge is 0.123 e. The van der Waals surface area contributed by atoms with Gasteiger partial charge in [0, 0.05) is 44.3 Å². The molecule has 7 aromatic carbocycles. The summed E-state index contributed by atoms with van der Waals surface area (Å²) in [5.41, 5.74) is 9.54. The molecule has 0 spiro atoms. The highest BCUT2D eigenvalue weighted by Crippen LogP contribution is 2.44. The average molecular weight is 594 g/mol. The number of hydrogen-bond donors (Lipinski definition) is 0. The van der Waals surface area contributed by atoms with Gasteiger partial charge in [-0.25, -0.2) is 4.39 Å². The molecule has 0 fully saturated rings. The molecule has 4 heteroatoms. The first-order chi connectivity index (χ1) is 22.8. The molecule has 0 saturated carbocycles. The van der Waals surface area contributed by atoms with Gasteiger partial charge in [-0.05, 0) is 78.9 Å². The molecule has 2 aromatic heterocycles. The summed E-state index contributed by atoms with van der Waals surface area (Å²) in [4.78, 5) is 2.34. The van der Waals surface area contributed by atoms with Gasteiger partial charge in [-0.2, -0.15) is 0 Å². The van der Waals surface area contributed by atoms with Crippen molar-refractivity contribution in [1.82, 2.24) is 9.13 Å². The summed E-state index contributed by atoms with van der Waals surface area (Å²) in [6, 6.07) is 58.2. The SMILES string of the molecule is Fc1ccc2c(c1)c1ccc(N(c3ccccc3)c3cccc4c5ccccc5n(-c5ccccc5)c34)cc1n2-c1ccccc1. The molecule has 0 aliphatic carbocycles. The highest BCUT2D eigenvalue weighted by atomic mass is 19.1. The molecule has 0 saturated heterocycles. The van der Waals surface area contributed by atoms with Crippen LogP contribution in [-0.4, -0.2) is 9.13 Å². The Morgan fingerprint density at radius 1 is 0.391 bits per heavy atom. The van der Waals surface area contributed by atoms with Crippen LogP contribution in [0.15, 0.2) is 170 Å². The van der Waals surface area contributed by atoms with Crippen LogP contribution in [0.5, 0.6) is 0 Å². The first-order valence-corrected chi connectivity index (χ1v) is 15.5. The van der Waals surface area contributed by atoms with Crippen LogP contribution in [0.4, 0.5) is 21.5 Å². The summed E-state index contributed by atoms with van der Waals surface area (Å²) in [6.45, 7) is 0. The minimum atomic E-state index is -0.241. The van der Waals surface area contributed by atoms with Crippen LogP contribution in [0.1, 0.15) is 0 Å². The van der Waals surface area contributed by atoms with Crippen molar-refractivity contribution in [2.24, 2.45) is 0 Å². The van der Waals surface area contributed by atoms with Gasteiger partial charge in [0.25, 0.3) is 0 Å². The Hall–Kier alpha value is -6.13. The summed E-state index contributed by atoms with van der Waals surface area (Å²) in [5.74, 6) is -0.241. The van der Waals surface area contributed by atoms with Crippen molar-refractivity contribution in [3.05, 3.63) is 176 Å². The van der Waals surface area contributed by atoms with E-state index in [1.807, 2.05) is 30.3 Å². The van der Waals surface area contributed by atoms with E-state index in [2.05, 4.69) is 141 Å². The van der Waals surface area contributed by atoms with Crippen molar-refractivity contribution in [1.29, 1.82) is 0 Å². The van der Waals surface area contributed by atoms with E-state index in [1.165, 1.54) is 10.8 Å². The molecule has 9 aromatic rings. The van der Waals surface area contributed by atoms with Gasteiger partial charge >= 0.3 is 0 Å². The van der Waals surface area contributed by atoms with Gasteiger partial charge in [-0.15, -0.1) is 0 Å². The molecular weight excluding hydrogens is 565 g/mol. The highest BCUT2D eigenvalue weighted by molar-refractivity contribution is 6.15. The number of anilines is 3. The van der Waals surface area contributed by atoms with E-state index in [0.717, 1.165) is 61.3 Å². The van der Waals surface area contributed by atoms with Gasteiger partial charge in [-0.3, -0.25) is 0 Å². The summed E-state index contributed by atoms with van der Waals surface area (Å²) in [5, 5.41) is 4.29. The normalized spacial score (nSPS) is 11.6. The molecule has 0 N–H and O–H groups in total. The Morgan fingerprint density at radius 2 is 1.00 bits per heavy atom. The van der Waals surface area contributed by atoms with Gasteiger partial charge in [0.2, 0.25) is 0 Å². The lowest BCUT2D eigenvalue weighted by molar-refractivity contribution is 0.629. The van der Waals surface area contributed by atoms with E-state index in [9.17, 15) is 4.39 Å². The third-order valence-electron chi connectivity index (χ3n) is 8.93. The van der Waals surface area contributed by atoms with Gasteiger partial charge in [0.05, 0.1) is 27.8 Å². The second kappa shape index (κ2) is 10.5. The predicted octanol–water partition coefficient (Wildman–Crippen LogP) is 11.5. The van der Waals surface area contributed by atoms with Crippen LogP contribution in [0, 0.1) is 5.82 Å². The molecule has 3 nitrogen and oxygen atoms in total. The number of nitrogens with zero attached hydrogens (tertiary/aromatic N) is 3. The van der Waals surface area contributed by atoms with Crippen LogP contribution in [0.3, 0.4) is 0 Å². The van der Waals surface area contributed by atoms with Gasteiger partial charge in [0.15, 0.2) is 0 Å². The molecule has 0 radical (unpaired) electrons. The van der Waals surface area contributed by atoms with Crippen molar-refractivity contribution >= 4 is 60.7 Å². The Kier molecular flexibility index (Phi) is 6.00. The van der Waals surface area contributed by atoms with E-state index in [4.69, 9.17) is 0 Å². The molecule has 46 heavy (non-hydrogen) atoms. The van der Waals surface area contributed by atoms with Crippen molar-refractivity contribution in [3.8, 4) is 11.4 Å². The number of hydrogen-bond acceptors (Lipinski definition) is 1. The van der Waals surface area contributed by atoms with Crippen LogP contribution in [0.25, 0.3) is 55.0 Å². The minimum absolute atomic E-state index is 0.241. The lowest BCUT2D eigenvalue weighted by Gasteiger charge is -2.27.